The summed E-state index contributed by atoms with van der Waals surface area (Å²) in [6.07, 6.45) is -2.18. The lowest BCUT2D eigenvalue weighted by Crippen LogP contribution is -2.66. The van der Waals surface area contributed by atoms with E-state index in [1.807, 2.05) is 6.07 Å². The highest BCUT2D eigenvalue weighted by Crippen LogP contribution is 2.43. The normalized spacial score (nSPS) is 21.4. The fourth-order valence-corrected chi connectivity index (χ4v) is 4.50. The number of alkyl halides is 2. The molecule has 0 saturated carbocycles. The number of ether oxygens (including phenoxy) is 2. The molecular weight excluding hydrogens is 452 g/mol. The molecule has 5 rings (SSSR count). The Labute approximate surface area is 191 Å². The molecule has 2 amide bonds. The number of carbonyl (C=O) groups excluding carboxylic acids is 2. The molecule has 9 nitrogen and oxygen atoms in total. The number of aromatic amines is 1. The summed E-state index contributed by atoms with van der Waals surface area (Å²) < 4.78 is 35.3. The largest absolute Gasteiger partial charge is 0.586 e. The van der Waals surface area contributed by atoms with E-state index < -0.39 is 42.0 Å². The van der Waals surface area contributed by atoms with Crippen molar-refractivity contribution in [2.75, 3.05) is 0 Å². The molecule has 176 valence electrons. The Balaban J connectivity index is 1.30. The SMILES string of the molecule is C[C@@H](CC(=O)N1C(=O)[C@H](Cc2cccc3[nH]ncc23)[C@H]1C(=O)O)c1ccc2c(c1)OC(F)(F)O2. The summed E-state index contributed by atoms with van der Waals surface area (Å²) in [5, 5.41) is 17.3. The number of carboxylic acids is 1. The van der Waals surface area contributed by atoms with Crippen molar-refractivity contribution in [3.63, 3.8) is 0 Å². The van der Waals surface area contributed by atoms with Gasteiger partial charge in [0.05, 0.1) is 17.6 Å². The Morgan fingerprint density at radius 1 is 1.24 bits per heavy atom. The van der Waals surface area contributed by atoms with Gasteiger partial charge in [0.25, 0.3) is 0 Å². The van der Waals surface area contributed by atoms with Gasteiger partial charge in [0.1, 0.15) is 6.04 Å². The summed E-state index contributed by atoms with van der Waals surface area (Å²) in [6.45, 7) is 1.67. The number of nitrogens with one attached hydrogen (secondary N) is 1. The van der Waals surface area contributed by atoms with Gasteiger partial charge in [0.15, 0.2) is 11.5 Å². The van der Waals surface area contributed by atoms with Crippen LogP contribution in [0.2, 0.25) is 0 Å². The first-order chi connectivity index (χ1) is 16.1. The minimum Gasteiger partial charge on any atom is -0.480 e. The highest BCUT2D eigenvalue weighted by molar-refractivity contribution is 6.08. The third-order valence-corrected chi connectivity index (χ3v) is 6.23. The molecule has 1 aromatic heterocycles. The standard InChI is InChI=1S/C23H19F2N3O6/c1-11(12-5-6-17-18(9-12)34-23(24,25)33-17)7-19(29)28-20(22(31)32)14(21(28)30)8-13-3-2-4-16-15(13)10-26-27-16/h2-6,9-11,14,20H,7-8H2,1H3,(H,26,27)(H,31,32)/t11-,14+,20-/m0/s1. The van der Waals surface area contributed by atoms with Gasteiger partial charge in [-0.3, -0.25) is 19.6 Å². The number of amides is 2. The van der Waals surface area contributed by atoms with Crippen molar-refractivity contribution >= 4 is 28.7 Å². The number of rotatable bonds is 6. The molecule has 11 heteroatoms. The van der Waals surface area contributed by atoms with Gasteiger partial charge in [-0.05, 0) is 41.7 Å². The summed E-state index contributed by atoms with van der Waals surface area (Å²) >= 11 is 0. The van der Waals surface area contributed by atoms with Crippen LogP contribution in [0, 0.1) is 5.92 Å². The molecule has 2 N–H and O–H groups in total. The summed E-state index contributed by atoms with van der Waals surface area (Å²) in [5.41, 5.74) is 2.03. The van der Waals surface area contributed by atoms with Crippen LogP contribution in [-0.2, 0) is 20.8 Å². The van der Waals surface area contributed by atoms with E-state index in [4.69, 9.17) is 0 Å². The van der Waals surface area contributed by atoms with Gasteiger partial charge in [-0.15, -0.1) is 8.78 Å². The van der Waals surface area contributed by atoms with Crippen LogP contribution in [0.1, 0.15) is 30.4 Å². The molecule has 3 heterocycles. The third kappa shape index (κ3) is 3.62. The van der Waals surface area contributed by atoms with Crippen LogP contribution in [0.3, 0.4) is 0 Å². The lowest BCUT2D eigenvalue weighted by molar-refractivity contribution is -0.286. The average molecular weight is 471 g/mol. The van der Waals surface area contributed by atoms with Gasteiger partial charge in [-0.2, -0.15) is 5.10 Å². The quantitative estimate of drug-likeness (QED) is 0.530. The van der Waals surface area contributed by atoms with Crippen LogP contribution >= 0.6 is 0 Å². The monoisotopic (exact) mass is 471 g/mol. The Hall–Kier alpha value is -4.02. The summed E-state index contributed by atoms with van der Waals surface area (Å²) in [6, 6.07) is 8.27. The van der Waals surface area contributed by atoms with Crippen LogP contribution in [0.15, 0.2) is 42.6 Å². The van der Waals surface area contributed by atoms with Crippen molar-refractivity contribution < 1.29 is 37.7 Å². The molecule has 0 radical (unpaired) electrons. The van der Waals surface area contributed by atoms with Gasteiger partial charge in [-0.25, -0.2) is 4.79 Å². The lowest BCUT2D eigenvalue weighted by Gasteiger charge is -2.43. The maximum Gasteiger partial charge on any atom is 0.586 e. The van der Waals surface area contributed by atoms with Crippen LogP contribution < -0.4 is 9.47 Å². The topological polar surface area (TPSA) is 122 Å². The average Bonchev–Trinajstić information content (AvgIpc) is 3.37. The number of carbonyl (C=O) groups is 3. The summed E-state index contributed by atoms with van der Waals surface area (Å²) in [4.78, 5) is 38.4. The van der Waals surface area contributed by atoms with Crippen molar-refractivity contribution in [1.82, 2.24) is 15.1 Å². The number of β-lactam (4-membered cyclic amide) rings is 1. The number of hydrogen-bond acceptors (Lipinski definition) is 6. The fourth-order valence-electron chi connectivity index (χ4n) is 4.50. The number of H-pyrrole nitrogens is 1. The number of aliphatic carboxylic acids is 1. The molecule has 0 bridgehead atoms. The maximum atomic E-state index is 13.3. The van der Waals surface area contributed by atoms with Crippen molar-refractivity contribution in [1.29, 1.82) is 0 Å². The molecule has 3 atom stereocenters. The molecule has 2 aliphatic heterocycles. The number of fused-ring (bicyclic) bond motifs is 2. The predicted molar refractivity (Wildman–Crippen MR) is 112 cm³/mol. The zero-order valence-electron chi connectivity index (χ0n) is 17.8. The van der Waals surface area contributed by atoms with E-state index in [1.54, 1.807) is 25.3 Å². The Morgan fingerprint density at radius 2 is 2.00 bits per heavy atom. The second kappa shape index (κ2) is 7.79. The molecule has 2 aromatic carbocycles. The third-order valence-electron chi connectivity index (χ3n) is 6.23. The second-order valence-electron chi connectivity index (χ2n) is 8.42. The smallest absolute Gasteiger partial charge is 0.480 e. The van der Waals surface area contributed by atoms with Crippen LogP contribution in [0.5, 0.6) is 11.5 Å². The Bertz CT molecular complexity index is 1320. The highest BCUT2D eigenvalue weighted by atomic mass is 19.3. The molecule has 0 aliphatic carbocycles. The number of likely N-dealkylation sites (tertiary alicyclic amines) is 1. The van der Waals surface area contributed by atoms with E-state index in [1.165, 1.54) is 18.2 Å². The van der Waals surface area contributed by atoms with Gasteiger partial charge >= 0.3 is 12.3 Å². The van der Waals surface area contributed by atoms with E-state index >= 15 is 0 Å². The first-order valence-corrected chi connectivity index (χ1v) is 10.5. The van der Waals surface area contributed by atoms with E-state index in [-0.39, 0.29) is 24.3 Å². The number of hydrogen-bond donors (Lipinski definition) is 2. The van der Waals surface area contributed by atoms with Gasteiger partial charge < -0.3 is 14.6 Å². The van der Waals surface area contributed by atoms with E-state index in [0.29, 0.717) is 5.56 Å². The summed E-state index contributed by atoms with van der Waals surface area (Å²) in [7, 11) is 0. The van der Waals surface area contributed by atoms with Crippen molar-refractivity contribution in [2.45, 2.75) is 38.0 Å². The van der Waals surface area contributed by atoms with Crippen molar-refractivity contribution in [2.24, 2.45) is 5.92 Å². The van der Waals surface area contributed by atoms with Gasteiger partial charge in [0, 0.05) is 11.8 Å². The minimum absolute atomic E-state index is 0.119. The first kappa shape index (κ1) is 21.8. The fraction of sp³-hybridized carbons (Fsp3) is 0.304. The number of halogens is 2. The predicted octanol–water partition coefficient (Wildman–Crippen LogP) is 3.06. The number of benzene rings is 2. The Kier molecular flexibility index (Phi) is 4.99. The molecule has 34 heavy (non-hydrogen) atoms. The van der Waals surface area contributed by atoms with Crippen molar-refractivity contribution in [3.05, 3.63) is 53.7 Å². The zero-order chi connectivity index (χ0) is 24.2. The molecule has 3 aromatic rings. The van der Waals surface area contributed by atoms with Gasteiger partial charge in [-0.1, -0.05) is 25.1 Å². The van der Waals surface area contributed by atoms with Crippen LogP contribution in [-0.4, -0.2) is 50.3 Å². The van der Waals surface area contributed by atoms with Crippen LogP contribution in [0.4, 0.5) is 8.78 Å². The van der Waals surface area contributed by atoms with E-state index in [2.05, 4.69) is 19.7 Å². The molecule has 0 spiro atoms. The van der Waals surface area contributed by atoms with Crippen LogP contribution in [0.25, 0.3) is 10.9 Å². The van der Waals surface area contributed by atoms with E-state index in [9.17, 15) is 28.3 Å². The summed E-state index contributed by atoms with van der Waals surface area (Å²) in [5.74, 6) is -4.12. The molecule has 1 fully saturated rings. The lowest BCUT2D eigenvalue weighted by atomic mass is 9.81. The van der Waals surface area contributed by atoms with Crippen molar-refractivity contribution in [3.8, 4) is 11.5 Å². The number of aromatic nitrogens is 2. The number of carboxylic acid groups (broad SMARTS) is 1. The second-order valence-corrected chi connectivity index (χ2v) is 8.42. The first-order valence-electron chi connectivity index (χ1n) is 10.5. The zero-order valence-corrected chi connectivity index (χ0v) is 17.8. The van der Waals surface area contributed by atoms with E-state index in [0.717, 1.165) is 21.4 Å². The maximum absolute atomic E-state index is 13.3. The molecule has 2 aliphatic rings. The minimum atomic E-state index is -3.76. The molecule has 0 unspecified atom stereocenters. The molecule has 1 saturated heterocycles. The number of imide groups is 1. The number of nitrogens with zero attached hydrogens (tertiary/aromatic N) is 2. The highest BCUT2D eigenvalue weighted by Gasteiger charge is 2.54. The molecular formula is C23H19F2N3O6. The van der Waals surface area contributed by atoms with Gasteiger partial charge in [0.2, 0.25) is 11.8 Å². The Morgan fingerprint density at radius 3 is 2.76 bits per heavy atom.